The fourth-order valence-corrected chi connectivity index (χ4v) is 8.38. The van der Waals surface area contributed by atoms with Gasteiger partial charge in [0.2, 0.25) is 0 Å². The number of para-hydroxylation sites is 4. The SMILES string of the molecule is c1ccc(N(c2ccc3ccccc3c2)c2cc(-c3cccc4c5ccccc5n(-c5ccccc5)c34)c3oc4ccc5ccccc5c4c3c2)cc1. The van der Waals surface area contributed by atoms with Gasteiger partial charge in [0.15, 0.2) is 0 Å². The molecule has 248 valence electrons. The van der Waals surface area contributed by atoms with Crippen LogP contribution >= 0.6 is 0 Å². The minimum atomic E-state index is 0.879. The molecule has 0 amide bonds. The molecule has 0 radical (unpaired) electrons. The van der Waals surface area contributed by atoms with Gasteiger partial charge >= 0.3 is 0 Å². The first-order valence-electron chi connectivity index (χ1n) is 18.1. The molecule has 0 atom stereocenters. The van der Waals surface area contributed by atoms with Crippen LogP contribution in [0.3, 0.4) is 0 Å². The molecule has 2 heterocycles. The molecule has 0 aliphatic rings. The second-order valence-corrected chi connectivity index (χ2v) is 13.7. The molecule has 0 aliphatic carbocycles. The van der Waals surface area contributed by atoms with Gasteiger partial charge in [0.1, 0.15) is 11.2 Å². The average molecular weight is 677 g/mol. The van der Waals surface area contributed by atoms with Gasteiger partial charge in [-0.25, -0.2) is 0 Å². The number of hydrogen-bond acceptors (Lipinski definition) is 2. The highest BCUT2D eigenvalue weighted by Crippen LogP contribution is 2.47. The lowest BCUT2D eigenvalue weighted by atomic mass is 9.96. The number of furan rings is 1. The number of fused-ring (bicyclic) bond motifs is 9. The summed E-state index contributed by atoms with van der Waals surface area (Å²) in [6.07, 6.45) is 0. The van der Waals surface area contributed by atoms with Gasteiger partial charge in [0.05, 0.1) is 11.0 Å². The zero-order valence-electron chi connectivity index (χ0n) is 28.8. The largest absolute Gasteiger partial charge is 0.455 e. The standard InChI is InChI=1S/C50H32N2O/c1-3-17-36(18-4-1)51(38-28-26-33-14-7-8-16-35(33)30-38)39-31-44(50-45(32-39)48-40-21-10-9-15-34(40)27-29-47(48)53-50)43-24-13-23-42-41-22-11-12-25-46(41)52(49(42)43)37-19-5-2-6-20-37/h1-32H. The zero-order chi connectivity index (χ0) is 34.9. The van der Waals surface area contributed by atoms with Crippen molar-refractivity contribution in [3.8, 4) is 16.8 Å². The van der Waals surface area contributed by atoms with Crippen molar-refractivity contribution in [2.75, 3.05) is 4.90 Å². The van der Waals surface area contributed by atoms with E-state index >= 15 is 0 Å². The van der Waals surface area contributed by atoms with E-state index in [4.69, 9.17) is 4.42 Å². The van der Waals surface area contributed by atoms with Crippen molar-refractivity contribution in [1.29, 1.82) is 0 Å². The minimum absolute atomic E-state index is 0.879. The highest BCUT2D eigenvalue weighted by molar-refractivity contribution is 6.23. The molecule has 0 aliphatic heterocycles. The Morgan fingerprint density at radius 2 is 1.08 bits per heavy atom. The summed E-state index contributed by atoms with van der Waals surface area (Å²) in [4.78, 5) is 2.38. The molecule has 11 aromatic rings. The molecule has 0 bridgehead atoms. The Balaban J connectivity index is 1.29. The molecular weight excluding hydrogens is 645 g/mol. The summed E-state index contributed by atoms with van der Waals surface area (Å²) >= 11 is 0. The third kappa shape index (κ3) is 4.61. The van der Waals surface area contributed by atoms with Crippen LogP contribution in [0.1, 0.15) is 0 Å². The highest BCUT2D eigenvalue weighted by Gasteiger charge is 2.24. The van der Waals surface area contributed by atoms with E-state index in [9.17, 15) is 0 Å². The summed E-state index contributed by atoms with van der Waals surface area (Å²) < 4.78 is 9.40. The second kappa shape index (κ2) is 11.7. The van der Waals surface area contributed by atoms with Crippen LogP contribution in [0.4, 0.5) is 17.1 Å². The highest BCUT2D eigenvalue weighted by atomic mass is 16.3. The van der Waals surface area contributed by atoms with Gasteiger partial charge in [-0.1, -0.05) is 133 Å². The van der Waals surface area contributed by atoms with E-state index in [1.807, 2.05) is 0 Å². The quantitative estimate of drug-likeness (QED) is 0.181. The molecular formula is C50H32N2O. The molecule has 9 aromatic carbocycles. The van der Waals surface area contributed by atoms with Gasteiger partial charge in [0.25, 0.3) is 0 Å². The molecule has 0 fully saturated rings. The van der Waals surface area contributed by atoms with Gasteiger partial charge in [-0.15, -0.1) is 0 Å². The first kappa shape index (κ1) is 29.6. The van der Waals surface area contributed by atoms with E-state index in [2.05, 4.69) is 204 Å². The summed E-state index contributed by atoms with van der Waals surface area (Å²) in [6, 6.07) is 69.7. The van der Waals surface area contributed by atoms with E-state index in [0.29, 0.717) is 0 Å². The Kier molecular flexibility index (Phi) is 6.55. The molecule has 3 nitrogen and oxygen atoms in total. The zero-order valence-corrected chi connectivity index (χ0v) is 28.8. The Hall–Kier alpha value is -7.10. The van der Waals surface area contributed by atoms with E-state index in [0.717, 1.165) is 61.3 Å². The van der Waals surface area contributed by atoms with Gasteiger partial charge in [-0.2, -0.15) is 0 Å². The number of rotatable bonds is 5. The predicted molar refractivity (Wildman–Crippen MR) is 223 cm³/mol. The predicted octanol–water partition coefficient (Wildman–Crippen LogP) is 14.1. The maximum Gasteiger partial charge on any atom is 0.143 e. The minimum Gasteiger partial charge on any atom is -0.455 e. The number of benzene rings is 9. The lowest BCUT2D eigenvalue weighted by Crippen LogP contribution is -2.10. The fraction of sp³-hybridized carbons (Fsp3) is 0. The second-order valence-electron chi connectivity index (χ2n) is 13.7. The molecule has 0 saturated heterocycles. The summed E-state index contributed by atoms with van der Waals surface area (Å²) in [5.74, 6) is 0. The summed E-state index contributed by atoms with van der Waals surface area (Å²) in [5.41, 5.74) is 10.6. The fourth-order valence-electron chi connectivity index (χ4n) is 8.38. The van der Waals surface area contributed by atoms with Crippen LogP contribution in [0.5, 0.6) is 0 Å². The Bertz CT molecular complexity index is 3170. The van der Waals surface area contributed by atoms with Crippen LogP contribution < -0.4 is 4.90 Å². The molecule has 0 saturated carbocycles. The third-order valence-electron chi connectivity index (χ3n) is 10.7. The van der Waals surface area contributed by atoms with Gasteiger partial charge in [0, 0.05) is 55.4 Å². The molecule has 3 heteroatoms. The topological polar surface area (TPSA) is 21.3 Å². The van der Waals surface area contributed by atoms with Crippen LogP contribution in [-0.2, 0) is 0 Å². The van der Waals surface area contributed by atoms with Gasteiger partial charge < -0.3 is 13.9 Å². The Morgan fingerprint density at radius 3 is 1.92 bits per heavy atom. The molecule has 0 unspecified atom stereocenters. The van der Waals surface area contributed by atoms with Crippen molar-refractivity contribution in [2.45, 2.75) is 0 Å². The van der Waals surface area contributed by atoms with Crippen LogP contribution in [-0.4, -0.2) is 4.57 Å². The van der Waals surface area contributed by atoms with Crippen molar-refractivity contribution in [2.24, 2.45) is 0 Å². The molecule has 11 rings (SSSR count). The normalized spacial score (nSPS) is 11.8. The van der Waals surface area contributed by atoms with Crippen molar-refractivity contribution in [3.63, 3.8) is 0 Å². The lowest BCUT2D eigenvalue weighted by molar-refractivity contribution is 0.670. The monoisotopic (exact) mass is 676 g/mol. The van der Waals surface area contributed by atoms with E-state index in [1.54, 1.807) is 0 Å². The summed E-state index contributed by atoms with van der Waals surface area (Å²) in [6.45, 7) is 0. The molecule has 2 aromatic heterocycles. The number of anilines is 3. The average Bonchev–Trinajstić information content (AvgIpc) is 3.78. The van der Waals surface area contributed by atoms with Gasteiger partial charge in [-0.05, 0) is 82.2 Å². The first-order valence-corrected chi connectivity index (χ1v) is 18.1. The third-order valence-corrected chi connectivity index (χ3v) is 10.7. The van der Waals surface area contributed by atoms with E-state index in [-0.39, 0.29) is 0 Å². The van der Waals surface area contributed by atoms with Crippen LogP contribution in [0.25, 0.3) is 82.1 Å². The Labute approximate surface area is 306 Å². The molecule has 53 heavy (non-hydrogen) atoms. The number of nitrogens with zero attached hydrogens (tertiary/aromatic N) is 2. The lowest BCUT2D eigenvalue weighted by Gasteiger charge is -2.26. The van der Waals surface area contributed by atoms with Crippen molar-refractivity contribution in [1.82, 2.24) is 4.57 Å². The van der Waals surface area contributed by atoms with Crippen molar-refractivity contribution >= 4 is 82.4 Å². The van der Waals surface area contributed by atoms with Crippen LogP contribution in [0.15, 0.2) is 199 Å². The van der Waals surface area contributed by atoms with Gasteiger partial charge in [-0.3, -0.25) is 0 Å². The number of aromatic nitrogens is 1. The molecule has 0 spiro atoms. The summed E-state index contributed by atoms with van der Waals surface area (Å²) in [5, 5.41) is 9.43. The maximum absolute atomic E-state index is 6.99. The van der Waals surface area contributed by atoms with Crippen molar-refractivity contribution < 1.29 is 4.42 Å². The Morgan fingerprint density at radius 1 is 0.396 bits per heavy atom. The van der Waals surface area contributed by atoms with Crippen molar-refractivity contribution in [3.05, 3.63) is 194 Å². The van der Waals surface area contributed by atoms with E-state index < -0.39 is 0 Å². The summed E-state index contributed by atoms with van der Waals surface area (Å²) in [7, 11) is 0. The maximum atomic E-state index is 6.99. The smallest absolute Gasteiger partial charge is 0.143 e. The van der Waals surface area contributed by atoms with Crippen LogP contribution in [0, 0.1) is 0 Å². The van der Waals surface area contributed by atoms with E-state index in [1.165, 1.54) is 37.8 Å². The number of hydrogen-bond donors (Lipinski definition) is 0. The molecule has 0 N–H and O–H groups in total. The first-order chi connectivity index (χ1) is 26.3. The van der Waals surface area contributed by atoms with Crippen LogP contribution in [0.2, 0.25) is 0 Å².